The lowest BCUT2D eigenvalue weighted by Gasteiger charge is -2.07. The molecule has 0 fully saturated rings. The second-order valence-electron chi connectivity index (χ2n) is 5.27. The van der Waals surface area contributed by atoms with Crippen molar-refractivity contribution < 1.29 is 14.4 Å². The highest BCUT2D eigenvalue weighted by molar-refractivity contribution is 5.94. The Bertz CT molecular complexity index is 577. The number of hydrogen-bond acceptors (Lipinski definition) is 3. The van der Waals surface area contributed by atoms with Crippen molar-refractivity contribution in [2.45, 2.75) is 13.8 Å². The summed E-state index contributed by atoms with van der Waals surface area (Å²) in [7, 11) is 1.57. The van der Waals surface area contributed by atoms with E-state index in [9.17, 15) is 14.4 Å². The molecule has 0 bridgehead atoms. The van der Waals surface area contributed by atoms with Crippen molar-refractivity contribution in [1.29, 1.82) is 0 Å². The van der Waals surface area contributed by atoms with Crippen LogP contribution in [0.2, 0.25) is 0 Å². The van der Waals surface area contributed by atoms with Gasteiger partial charge in [-0.3, -0.25) is 14.4 Å². The number of benzene rings is 1. The van der Waals surface area contributed by atoms with Crippen molar-refractivity contribution in [3.8, 4) is 0 Å². The molecular formula is C17H23N3O3. The lowest BCUT2D eigenvalue weighted by molar-refractivity contribution is -0.124. The van der Waals surface area contributed by atoms with Gasteiger partial charge < -0.3 is 16.0 Å². The van der Waals surface area contributed by atoms with Crippen molar-refractivity contribution in [2.24, 2.45) is 5.92 Å². The predicted molar refractivity (Wildman–Crippen MR) is 89.7 cm³/mol. The van der Waals surface area contributed by atoms with Crippen LogP contribution in [0.1, 0.15) is 29.8 Å². The zero-order valence-corrected chi connectivity index (χ0v) is 13.7. The fraction of sp³-hybridized carbons (Fsp3) is 0.353. The second kappa shape index (κ2) is 9.40. The van der Waals surface area contributed by atoms with Gasteiger partial charge in [0.2, 0.25) is 11.8 Å². The summed E-state index contributed by atoms with van der Waals surface area (Å²) in [6, 6.07) is 6.91. The first-order valence-corrected chi connectivity index (χ1v) is 7.49. The van der Waals surface area contributed by atoms with Gasteiger partial charge in [-0.2, -0.15) is 0 Å². The molecule has 1 rings (SSSR count). The summed E-state index contributed by atoms with van der Waals surface area (Å²) in [5, 5.41) is 7.94. The number of amides is 3. The second-order valence-corrected chi connectivity index (χ2v) is 5.27. The van der Waals surface area contributed by atoms with E-state index in [0.29, 0.717) is 18.7 Å². The molecule has 0 saturated heterocycles. The Morgan fingerprint density at radius 2 is 1.65 bits per heavy atom. The highest BCUT2D eigenvalue weighted by Gasteiger charge is 2.05. The lowest BCUT2D eigenvalue weighted by Crippen LogP contribution is -2.35. The van der Waals surface area contributed by atoms with Gasteiger partial charge >= 0.3 is 0 Å². The molecule has 6 heteroatoms. The number of carbonyl (C=O) groups excluding carboxylic acids is 3. The van der Waals surface area contributed by atoms with E-state index in [1.165, 1.54) is 6.08 Å². The minimum Gasteiger partial charge on any atom is -0.355 e. The van der Waals surface area contributed by atoms with Crippen LogP contribution < -0.4 is 16.0 Å². The van der Waals surface area contributed by atoms with Crippen molar-refractivity contribution in [3.05, 3.63) is 41.5 Å². The molecule has 0 unspecified atom stereocenters. The maximum absolute atomic E-state index is 11.6. The van der Waals surface area contributed by atoms with Gasteiger partial charge in [-0.05, 0) is 23.8 Å². The maximum atomic E-state index is 11.6. The topological polar surface area (TPSA) is 87.3 Å². The standard InChI is InChI=1S/C17H23N3O3/c1-12(2)16(22)20-11-10-19-15(21)9-6-13-4-7-14(8-5-13)17(23)18-3/h4-9,12H,10-11H2,1-3H3,(H,18,23)(H,19,21)(H,20,22)/b9-6+. The van der Waals surface area contributed by atoms with Crippen LogP contribution in [0.15, 0.2) is 30.3 Å². The van der Waals surface area contributed by atoms with Crippen LogP contribution in [0.5, 0.6) is 0 Å². The zero-order chi connectivity index (χ0) is 17.2. The Kier molecular flexibility index (Phi) is 7.53. The highest BCUT2D eigenvalue weighted by Crippen LogP contribution is 2.06. The Balaban J connectivity index is 2.37. The minimum atomic E-state index is -0.237. The Morgan fingerprint density at radius 1 is 1.04 bits per heavy atom. The first-order valence-electron chi connectivity index (χ1n) is 7.49. The van der Waals surface area contributed by atoms with Crippen molar-refractivity contribution in [1.82, 2.24) is 16.0 Å². The molecule has 0 radical (unpaired) electrons. The average molecular weight is 317 g/mol. The maximum Gasteiger partial charge on any atom is 0.251 e. The van der Waals surface area contributed by atoms with Gasteiger partial charge in [0.1, 0.15) is 0 Å². The normalized spacial score (nSPS) is 10.6. The van der Waals surface area contributed by atoms with Gasteiger partial charge in [-0.15, -0.1) is 0 Å². The molecule has 0 saturated carbocycles. The molecule has 0 heterocycles. The zero-order valence-electron chi connectivity index (χ0n) is 13.7. The first kappa shape index (κ1) is 18.4. The molecule has 0 spiro atoms. The van der Waals surface area contributed by atoms with E-state index in [2.05, 4.69) is 16.0 Å². The molecule has 0 aliphatic heterocycles. The van der Waals surface area contributed by atoms with E-state index in [-0.39, 0.29) is 23.6 Å². The molecular weight excluding hydrogens is 294 g/mol. The van der Waals surface area contributed by atoms with Crippen LogP contribution in [0.4, 0.5) is 0 Å². The summed E-state index contributed by atoms with van der Waals surface area (Å²) >= 11 is 0. The summed E-state index contributed by atoms with van der Waals surface area (Å²) < 4.78 is 0. The number of hydrogen-bond donors (Lipinski definition) is 3. The fourth-order valence-electron chi connectivity index (χ4n) is 1.70. The highest BCUT2D eigenvalue weighted by atomic mass is 16.2. The smallest absolute Gasteiger partial charge is 0.251 e. The summed E-state index contributed by atoms with van der Waals surface area (Å²) in [6.07, 6.45) is 3.08. The summed E-state index contributed by atoms with van der Waals surface area (Å²) in [5.74, 6) is -0.491. The molecule has 3 amide bonds. The largest absolute Gasteiger partial charge is 0.355 e. The van der Waals surface area contributed by atoms with Gasteiger partial charge in [0, 0.05) is 37.7 Å². The van der Waals surface area contributed by atoms with Crippen LogP contribution in [0, 0.1) is 5.92 Å². The average Bonchev–Trinajstić information content (AvgIpc) is 2.56. The van der Waals surface area contributed by atoms with Gasteiger partial charge in [-0.25, -0.2) is 0 Å². The van der Waals surface area contributed by atoms with Crippen molar-refractivity contribution in [2.75, 3.05) is 20.1 Å². The molecule has 0 aromatic heterocycles. The molecule has 1 aromatic rings. The Labute approximate surface area is 136 Å². The fourth-order valence-corrected chi connectivity index (χ4v) is 1.70. The summed E-state index contributed by atoms with van der Waals surface area (Å²) in [6.45, 7) is 4.40. The predicted octanol–water partition coefficient (Wildman–Crippen LogP) is 0.948. The number of nitrogens with one attached hydrogen (secondary N) is 3. The first-order chi connectivity index (χ1) is 10.9. The Morgan fingerprint density at radius 3 is 2.22 bits per heavy atom. The molecule has 0 aliphatic rings. The van der Waals surface area contributed by atoms with E-state index < -0.39 is 0 Å². The Hall–Kier alpha value is -2.63. The third-order valence-electron chi connectivity index (χ3n) is 3.07. The van der Waals surface area contributed by atoms with Crippen molar-refractivity contribution in [3.63, 3.8) is 0 Å². The quantitative estimate of drug-likeness (QED) is 0.517. The molecule has 124 valence electrons. The molecule has 0 atom stereocenters. The molecule has 1 aromatic carbocycles. The van der Waals surface area contributed by atoms with E-state index in [0.717, 1.165) is 5.56 Å². The molecule has 0 aliphatic carbocycles. The van der Waals surface area contributed by atoms with E-state index in [4.69, 9.17) is 0 Å². The van der Waals surface area contributed by atoms with Gasteiger partial charge in [0.05, 0.1) is 0 Å². The van der Waals surface area contributed by atoms with Crippen LogP contribution in [-0.4, -0.2) is 37.9 Å². The summed E-state index contributed by atoms with van der Waals surface area (Å²) in [5.41, 5.74) is 1.39. The van der Waals surface area contributed by atoms with Gasteiger partial charge in [0.25, 0.3) is 5.91 Å². The molecule has 23 heavy (non-hydrogen) atoms. The van der Waals surface area contributed by atoms with Crippen LogP contribution in [0.3, 0.4) is 0 Å². The molecule has 6 nitrogen and oxygen atoms in total. The third kappa shape index (κ3) is 6.78. The van der Waals surface area contributed by atoms with Crippen LogP contribution in [0.25, 0.3) is 6.08 Å². The molecule has 3 N–H and O–H groups in total. The van der Waals surface area contributed by atoms with E-state index in [1.54, 1.807) is 37.4 Å². The minimum absolute atomic E-state index is 0.0361. The number of carbonyl (C=O) groups is 3. The van der Waals surface area contributed by atoms with E-state index in [1.807, 2.05) is 13.8 Å². The number of rotatable bonds is 7. The van der Waals surface area contributed by atoms with Crippen molar-refractivity contribution >= 4 is 23.8 Å². The van der Waals surface area contributed by atoms with Crippen LogP contribution in [-0.2, 0) is 9.59 Å². The van der Waals surface area contributed by atoms with Crippen LogP contribution >= 0.6 is 0 Å². The van der Waals surface area contributed by atoms with Gasteiger partial charge in [0.15, 0.2) is 0 Å². The summed E-state index contributed by atoms with van der Waals surface area (Å²) in [4.78, 5) is 34.4. The lowest BCUT2D eigenvalue weighted by atomic mass is 10.1. The SMILES string of the molecule is CNC(=O)c1ccc(/C=C/C(=O)NCCNC(=O)C(C)C)cc1. The third-order valence-corrected chi connectivity index (χ3v) is 3.07. The monoisotopic (exact) mass is 317 g/mol. The van der Waals surface area contributed by atoms with Gasteiger partial charge in [-0.1, -0.05) is 26.0 Å². The van der Waals surface area contributed by atoms with E-state index >= 15 is 0 Å².